The zero-order valence-electron chi connectivity index (χ0n) is 12.3. The fourth-order valence-corrected chi connectivity index (χ4v) is 2.82. The number of hydrogen-bond acceptors (Lipinski definition) is 2. The highest BCUT2D eigenvalue weighted by Gasteiger charge is 2.24. The van der Waals surface area contributed by atoms with E-state index < -0.39 is 0 Å². The van der Waals surface area contributed by atoms with Gasteiger partial charge in [-0.1, -0.05) is 31.2 Å². The van der Waals surface area contributed by atoms with Crippen molar-refractivity contribution in [3.05, 3.63) is 35.4 Å². The van der Waals surface area contributed by atoms with Crippen molar-refractivity contribution in [1.82, 2.24) is 5.32 Å². The summed E-state index contributed by atoms with van der Waals surface area (Å²) in [6, 6.07) is 9.17. The van der Waals surface area contributed by atoms with Gasteiger partial charge < -0.3 is 10.1 Å². The number of ether oxygens (including phenoxy) is 1. The third kappa shape index (κ3) is 4.32. The Balaban J connectivity index is 2.02. The quantitative estimate of drug-likeness (QED) is 0.846. The Morgan fingerprint density at radius 2 is 2.16 bits per heavy atom. The first-order valence-corrected chi connectivity index (χ1v) is 7.70. The van der Waals surface area contributed by atoms with E-state index >= 15 is 0 Å². The number of aryl methyl sites for hydroxylation is 1. The van der Waals surface area contributed by atoms with Crippen molar-refractivity contribution in [2.75, 3.05) is 13.2 Å². The van der Waals surface area contributed by atoms with Gasteiger partial charge in [0.15, 0.2) is 0 Å². The van der Waals surface area contributed by atoms with Gasteiger partial charge in [0, 0.05) is 12.6 Å². The van der Waals surface area contributed by atoms with Gasteiger partial charge in [-0.05, 0) is 56.7 Å². The Morgan fingerprint density at radius 1 is 1.32 bits per heavy atom. The molecular formula is C17H27NO. The highest BCUT2D eigenvalue weighted by Crippen LogP contribution is 2.20. The summed E-state index contributed by atoms with van der Waals surface area (Å²) < 4.78 is 5.99. The Labute approximate surface area is 117 Å². The summed E-state index contributed by atoms with van der Waals surface area (Å²) in [5.41, 5.74) is 2.84. The van der Waals surface area contributed by atoms with Crippen LogP contribution in [0.3, 0.4) is 0 Å². The second-order valence-electron chi connectivity index (χ2n) is 5.60. The molecule has 1 saturated heterocycles. The van der Waals surface area contributed by atoms with E-state index in [2.05, 4.69) is 43.4 Å². The van der Waals surface area contributed by atoms with Crippen LogP contribution < -0.4 is 5.32 Å². The van der Waals surface area contributed by atoms with E-state index in [0.717, 1.165) is 19.6 Å². The van der Waals surface area contributed by atoms with Crippen molar-refractivity contribution in [3.8, 4) is 0 Å². The van der Waals surface area contributed by atoms with Crippen molar-refractivity contribution in [3.63, 3.8) is 0 Å². The molecule has 1 aromatic carbocycles. The standard InChI is InChI=1S/C17H27NO/c1-3-11-18-16(17-10-6-7-12-19-17)13-15-9-5-4-8-14(15)2/h4-5,8-9,16-18H,3,6-7,10-13H2,1-2H3. The van der Waals surface area contributed by atoms with Gasteiger partial charge in [0.1, 0.15) is 0 Å². The fraction of sp³-hybridized carbons (Fsp3) is 0.647. The molecule has 2 heteroatoms. The lowest BCUT2D eigenvalue weighted by Gasteiger charge is -2.31. The van der Waals surface area contributed by atoms with Crippen LogP contribution in [0.5, 0.6) is 0 Å². The van der Waals surface area contributed by atoms with Gasteiger partial charge in [-0.3, -0.25) is 0 Å². The molecule has 0 spiro atoms. The molecule has 19 heavy (non-hydrogen) atoms. The average Bonchev–Trinajstić information content (AvgIpc) is 2.46. The minimum Gasteiger partial charge on any atom is -0.377 e. The van der Waals surface area contributed by atoms with Crippen LogP contribution in [0.25, 0.3) is 0 Å². The van der Waals surface area contributed by atoms with Crippen LogP contribution in [0, 0.1) is 6.92 Å². The van der Waals surface area contributed by atoms with E-state index in [-0.39, 0.29) is 0 Å². The number of benzene rings is 1. The van der Waals surface area contributed by atoms with Crippen molar-refractivity contribution in [2.24, 2.45) is 0 Å². The molecule has 0 amide bonds. The molecular weight excluding hydrogens is 234 g/mol. The predicted octanol–water partition coefficient (Wildman–Crippen LogP) is 3.47. The molecule has 106 valence electrons. The van der Waals surface area contributed by atoms with Crippen molar-refractivity contribution >= 4 is 0 Å². The van der Waals surface area contributed by atoms with E-state index in [1.807, 2.05) is 0 Å². The zero-order chi connectivity index (χ0) is 13.5. The molecule has 2 nitrogen and oxygen atoms in total. The van der Waals surface area contributed by atoms with Crippen LogP contribution in [-0.2, 0) is 11.2 Å². The van der Waals surface area contributed by atoms with Crippen LogP contribution in [0.15, 0.2) is 24.3 Å². The number of nitrogens with one attached hydrogen (secondary N) is 1. The van der Waals surface area contributed by atoms with Gasteiger partial charge >= 0.3 is 0 Å². The Hall–Kier alpha value is -0.860. The summed E-state index contributed by atoms with van der Waals surface area (Å²) in [6.07, 6.45) is 6.38. The molecule has 0 aromatic heterocycles. The summed E-state index contributed by atoms with van der Waals surface area (Å²) in [4.78, 5) is 0. The van der Waals surface area contributed by atoms with Crippen LogP contribution in [-0.4, -0.2) is 25.3 Å². The third-order valence-corrected chi connectivity index (χ3v) is 4.02. The third-order valence-electron chi connectivity index (χ3n) is 4.02. The molecule has 0 aliphatic carbocycles. The van der Waals surface area contributed by atoms with Crippen LogP contribution in [0.2, 0.25) is 0 Å². The molecule has 0 bridgehead atoms. The summed E-state index contributed by atoms with van der Waals surface area (Å²) in [6.45, 7) is 6.44. The molecule has 1 aliphatic heterocycles. The maximum absolute atomic E-state index is 5.99. The Kier molecular flexibility index (Phi) is 5.87. The van der Waals surface area contributed by atoms with Crippen LogP contribution in [0.4, 0.5) is 0 Å². The lowest BCUT2D eigenvalue weighted by atomic mass is 9.94. The molecule has 2 rings (SSSR count). The van der Waals surface area contributed by atoms with E-state index in [1.54, 1.807) is 0 Å². The first-order chi connectivity index (χ1) is 9.31. The smallest absolute Gasteiger partial charge is 0.0731 e. The molecule has 1 aliphatic rings. The molecule has 1 N–H and O–H groups in total. The minimum atomic E-state index is 0.389. The Morgan fingerprint density at radius 3 is 2.84 bits per heavy atom. The van der Waals surface area contributed by atoms with E-state index in [1.165, 1.54) is 36.8 Å². The minimum absolute atomic E-state index is 0.389. The predicted molar refractivity (Wildman–Crippen MR) is 80.6 cm³/mol. The fourth-order valence-electron chi connectivity index (χ4n) is 2.82. The van der Waals surface area contributed by atoms with Gasteiger partial charge in [0.25, 0.3) is 0 Å². The molecule has 1 fully saturated rings. The van der Waals surface area contributed by atoms with Gasteiger partial charge in [-0.2, -0.15) is 0 Å². The molecule has 1 heterocycles. The lowest BCUT2D eigenvalue weighted by Crippen LogP contribution is -2.44. The molecule has 2 atom stereocenters. The lowest BCUT2D eigenvalue weighted by molar-refractivity contribution is -0.00740. The van der Waals surface area contributed by atoms with Gasteiger partial charge in [-0.15, -0.1) is 0 Å². The largest absolute Gasteiger partial charge is 0.377 e. The monoisotopic (exact) mass is 261 g/mol. The first kappa shape index (κ1) is 14.5. The van der Waals surface area contributed by atoms with Gasteiger partial charge in [0.05, 0.1) is 6.10 Å². The summed E-state index contributed by atoms with van der Waals surface area (Å²) in [5, 5.41) is 3.69. The zero-order valence-corrected chi connectivity index (χ0v) is 12.3. The summed E-state index contributed by atoms with van der Waals surface area (Å²) in [5.74, 6) is 0. The van der Waals surface area contributed by atoms with E-state index in [0.29, 0.717) is 12.1 Å². The molecule has 1 aromatic rings. The molecule has 2 unspecified atom stereocenters. The second-order valence-corrected chi connectivity index (χ2v) is 5.60. The van der Waals surface area contributed by atoms with Gasteiger partial charge in [-0.25, -0.2) is 0 Å². The topological polar surface area (TPSA) is 21.3 Å². The maximum Gasteiger partial charge on any atom is 0.0731 e. The summed E-state index contributed by atoms with van der Waals surface area (Å²) in [7, 11) is 0. The number of hydrogen-bond donors (Lipinski definition) is 1. The maximum atomic E-state index is 5.99. The second kappa shape index (κ2) is 7.66. The average molecular weight is 261 g/mol. The van der Waals surface area contributed by atoms with E-state index in [4.69, 9.17) is 4.74 Å². The van der Waals surface area contributed by atoms with Crippen molar-refractivity contribution in [2.45, 2.75) is 58.1 Å². The van der Waals surface area contributed by atoms with Crippen molar-refractivity contribution in [1.29, 1.82) is 0 Å². The molecule has 0 saturated carbocycles. The highest BCUT2D eigenvalue weighted by atomic mass is 16.5. The molecule has 0 radical (unpaired) electrons. The summed E-state index contributed by atoms with van der Waals surface area (Å²) >= 11 is 0. The Bertz CT molecular complexity index is 371. The van der Waals surface area contributed by atoms with Crippen LogP contribution >= 0.6 is 0 Å². The first-order valence-electron chi connectivity index (χ1n) is 7.70. The number of rotatable bonds is 6. The van der Waals surface area contributed by atoms with E-state index in [9.17, 15) is 0 Å². The highest BCUT2D eigenvalue weighted by molar-refractivity contribution is 5.26. The van der Waals surface area contributed by atoms with Gasteiger partial charge in [0.2, 0.25) is 0 Å². The van der Waals surface area contributed by atoms with Crippen LogP contribution in [0.1, 0.15) is 43.7 Å². The SMILES string of the molecule is CCCNC(Cc1ccccc1C)C1CCCCO1. The normalized spacial score (nSPS) is 21.3. The van der Waals surface area contributed by atoms with Crippen molar-refractivity contribution < 1.29 is 4.74 Å².